The Hall–Kier alpha value is -1.50. The maximum atomic E-state index is 13.0. The van der Waals surface area contributed by atoms with Crippen LogP contribution in [0.4, 0.5) is 10.1 Å². The van der Waals surface area contributed by atoms with Crippen LogP contribution in [0.25, 0.3) is 0 Å². The Kier molecular flexibility index (Phi) is 5.88. The number of hydrogen-bond donors (Lipinski definition) is 0. The molecule has 0 aliphatic rings. The lowest BCUT2D eigenvalue weighted by Gasteiger charge is -2.20. The van der Waals surface area contributed by atoms with Crippen LogP contribution < -0.4 is 0 Å². The van der Waals surface area contributed by atoms with Gasteiger partial charge in [0.2, 0.25) is 0 Å². The number of amides is 1. The Bertz CT molecular complexity index is 482. The highest BCUT2D eigenvalue weighted by Gasteiger charge is 2.24. The Balaban J connectivity index is 3.07. The Morgan fingerprint density at radius 3 is 2.74 bits per heavy atom. The molecule has 1 amide bonds. The number of nitro groups is 1. The molecule has 1 aromatic carbocycles. The SMILES string of the molecule is CCN(CCCBr)C(=O)c1ccc(F)cc1[N+](=O)[O-]. The quantitative estimate of drug-likeness (QED) is 0.457. The lowest BCUT2D eigenvalue weighted by Crippen LogP contribution is -2.32. The fourth-order valence-corrected chi connectivity index (χ4v) is 1.91. The summed E-state index contributed by atoms with van der Waals surface area (Å²) in [6.45, 7) is 2.73. The first kappa shape index (κ1) is 15.6. The zero-order chi connectivity index (χ0) is 14.4. The highest BCUT2D eigenvalue weighted by atomic mass is 79.9. The van der Waals surface area contributed by atoms with E-state index in [1.54, 1.807) is 6.92 Å². The summed E-state index contributed by atoms with van der Waals surface area (Å²) in [5.74, 6) is -1.18. The van der Waals surface area contributed by atoms with Crippen LogP contribution in [-0.2, 0) is 0 Å². The lowest BCUT2D eigenvalue weighted by molar-refractivity contribution is -0.385. The maximum absolute atomic E-state index is 13.0. The zero-order valence-electron chi connectivity index (χ0n) is 10.4. The third-order valence-electron chi connectivity index (χ3n) is 2.62. The standard InChI is InChI=1S/C12H14BrFN2O3/c1-2-15(7-3-6-13)12(17)10-5-4-9(14)8-11(10)16(18)19/h4-5,8H,2-3,6-7H2,1H3. The molecule has 7 heteroatoms. The monoisotopic (exact) mass is 332 g/mol. The summed E-state index contributed by atoms with van der Waals surface area (Å²) in [6, 6.07) is 2.98. The molecule has 19 heavy (non-hydrogen) atoms. The summed E-state index contributed by atoms with van der Waals surface area (Å²) in [7, 11) is 0. The molecule has 104 valence electrons. The summed E-state index contributed by atoms with van der Waals surface area (Å²) < 4.78 is 13.0. The molecule has 5 nitrogen and oxygen atoms in total. The van der Waals surface area contributed by atoms with Gasteiger partial charge in [0.15, 0.2) is 0 Å². The van der Waals surface area contributed by atoms with E-state index in [4.69, 9.17) is 0 Å². The topological polar surface area (TPSA) is 63.5 Å². The van der Waals surface area contributed by atoms with Crippen molar-refractivity contribution < 1.29 is 14.1 Å². The molecule has 0 spiro atoms. The average molecular weight is 333 g/mol. The van der Waals surface area contributed by atoms with Gasteiger partial charge in [0.05, 0.1) is 11.0 Å². The molecular weight excluding hydrogens is 319 g/mol. The fourth-order valence-electron chi connectivity index (χ4n) is 1.66. The van der Waals surface area contributed by atoms with Crippen molar-refractivity contribution in [1.29, 1.82) is 0 Å². The number of hydrogen-bond acceptors (Lipinski definition) is 3. The van der Waals surface area contributed by atoms with Crippen LogP contribution >= 0.6 is 15.9 Å². The van der Waals surface area contributed by atoms with E-state index in [-0.39, 0.29) is 5.56 Å². The van der Waals surface area contributed by atoms with Gasteiger partial charge in [-0.05, 0) is 25.5 Å². The molecule has 0 N–H and O–H groups in total. The van der Waals surface area contributed by atoms with Crippen molar-refractivity contribution in [1.82, 2.24) is 4.90 Å². The van der Waals surface area contributed by atoms with Crippen molar-refractivity contribution in [3.8, 4) is 0 Å². The van der Waals surface area contributed by atoms with E-state index in [9.17, 15) is 19.3 Å². The van der Waals surface area contributed by atoms with Crippen molar-refractivity contribution in [3.05, 3.63) is 39.7 Å². The Morgan fingerprint density at radius 2 is 2.21 bits per heavy atom. The number of nitro benzene ring substituents is 1. The van der Waals surface area contributed by atoms with Gasteiger partial charge in [0.1, 0.15) is 11.4 Å². The van der Waals surface area contributed by atoms with Crippen LogP contribution in [-0.4, -0.2) is 34.2 Å². The van der Waals surface area contributed by atoms with Crippen LogP contribution in [0.5, 0.6) is 0 Å². The number of rotatable bonds is 6. The molecule has 0 fully saturated rings. The summed E-state index contributed by atoms with van der Waals surface area (Å²) >= 11 is 3.26. The smallest absolute Gasteiger partial charge is 0.285 e. The number of halogens is 2. The molecule has 1 aromatic rings. The molecule has 0 atom stereocenters. The van der Waals surface area contributed by atoms with Gasteiger partial charge in [0, 0.05) is 18.4 Å². The molecule has 0 bridgehead atoms. The van der Waals surface area contributed by atoms with Crippen LogP contribution in [0.15, 0.2) is 18.2 Å². The van der Waals surface area contributed by atoms with Gasteiger partial charge in [-0.25, -0.2) is 4.39 Å². The van der Waals surface area contributed by atoms with Gasteiger partial charge < -0.3 is 4.90 Å². The van der Waals surface area contributed by atoms with E-state index >= 15 is 0 Å². The van der Waals surface area contributed by atoms with E-state index in [0.717, 1.165) is 30.0 Å². The minimum atomic E-state index is -0.741. The third-order valence-corrected chi connectivity index (χ3v) is 3.18. The largest absolute Gasteiger partial charge is 0.339 e. The average Bonchev–Trinajstić information content (AvgIpc) is 2.39. The van der Waals surface area contributed by atoms with Gasteiger partial charge in [-0.1, -0.05) is 15.9 Å². The second kappa shape index (κ2) is 7.18. The Morgan fingerprint density at radius 1 is 1.53 bits per heavy atom. The number of carbonyl (C=O) groups is 1. The van der Waals surface area contributed by atoms with Crippen molar-refractivity contribution in [2.24, 2.45) is 0 Å². The van der Waals surface area contributed by atoms with Gasteiger partial charge in [-0.15, -0.1) is 0 Å². The number of nitrogens with zero attached hydrogens (tertiary/aromatic N) is 2. The van der Waals surface area contributed by atoms with Crippen LogP contribution in [0, 0.1) is 15.9 Å². The number of carbonyl (C=O) groups excluding carboxylic acids is 1. The van der Waals surface area contributed by atoms with Crippen molar-refractivity contribution in [3.63, 3.8) is 0 Å². The van der Waals surface area contributed by atoms with Crippen LogP contribution in [0.1, 0.15) is 23.7 Å². The van der Waals surface area contributed by atoms with E-state index in [2.05, 4.69) is 15.9 Å². The molecule has 0 saturated heterocycles. The predicted molar refractivity (Wildman–Crippen MR) is 73.0 cm³/mol. The Labute approximate surface area is 118 Å². The van der Waals surface area contributed by atoms with Crippen LogP contribution in [0.2, 0.25) is 0 Å². The molecule has 0 heterocycles. The highest BCUT2D eigenvalue weighted by Crippen LogP contribution is 2.21. The minimum Gasteiger partial charge on any atom is -0.339 e. The number of benzene rings is 1. The van der Waals surface area contributed by atoms with Gasteiger partial charge in [-0.2, -0.15) is 0 Å². The highest BCUT2D eigenvalue weighted by molar-refractivity contribution is 9.09. The molecule has 0 unspecified atom stereocenters. The summed E-state index contributed by atoms with van der Waals surface area (Å²) in [6.07, 6.45) is 0.745. The summed E-state index contributed by atoms with van der Waals surface area (Å²) in [5.41, 5.74) is -0.579. The summed E-state index contributed by atoms with van der Waals surface area (Å²) in [5, 5.41) is 11.6. The molecule has 0 aliphatic carbocycles. The maximum Gasteiger partial charge on any atom is 0.285 e. The third kappa shape index (κ3) is 3.99. The zero-order valence-corrected chi connectivity index (χ0v) is 12.0. The van der Waals surface area contributed by atoms with E-state index in [1.807, 2.05) is 0 Å². The molecule has 0 aliphatic heterocycles. The van der Waals surface area contributed by atoms with Gasteiger partial charge in [0.25, 0.3) is 11.6 Å². The number of alkyl halides is 1. The van der Waals surface area contributed by atoms with E-state index < -0.39 is 22.3 Å². The normalized spacial score (nSPS) is 10.3. The van der Waals surface area contributed by atoms with Crippen molar-refractivity contribution in [2.75, 3.05) is 18.4 Å². The summed E-state index contributed by atoms with van der Waals surface area (Å²) in [4.78, 5) is 23.8. The second-order valence-electron chi connectivity index (χ2n) is 3.85. The van der Waals surface area contributed by atoms with Gasteiger partial charge in [-0.3, -0.25) is 14.9 Å². The molecular formula is C12H14BrFN2O3. The van der Waals surface area contributed by atoms with E-state index in [1.165, 1.54) is 4.90 Å². The van der Waals surface area contributed by atoms with Crippen molar-refractivity contribution >= 4 is 27.5 Å². The van der Waals surface area contributed by atoms with E-state index in [0.29, 0.717) is 13.1 Å². The van der Waals surface area contributed by atoms with Gasteiger partial charge >= 0.3 is 0 Å². The first-order chi connectivity index (χ1) is 9.01. The minimum absolute atomic E-state index is 0.0807. The molecule has 0 radical (unpaired) electrons. The molecule has 0 saturated carbocycles. The molecule has 1 rings (SSSR count). The van der Waals surface area contributed by atoms with Crippen molar-refractivity contribution in [2.45, 2.75) is 13.3 Å². The second-order valence-corrected chi connectivity index (χ2v) is 4.64. The fraction of sp³-hybridized carbons (Fsp3) is 0.417. The molecule has 0 aromatic heterocycles. The predicted octanol–water partition coefficient (Wildman–Crippen LogP) is 2.98. The first-order valence-electron chi connectivity index (χ1n) is 5.80. The van der Waals surface area contributed by atoms with Crippen LogP contribution in [0.3, 0.4) is 0 Å². The lowest BCUT2D eigenvalue weighted by atomic mass is 10.1. The first-order valence-corrected chi connectivity index (χ1v) is 6.92.